The molecule has 0 spiro atoms. The molecule has 0 aromatic carbocycles. The second kappa shape index (κ2) is 6.09. The second-order valence-electron chi connectivity index (χ2n) is 4.52. The zero-order valence-corrected chi connectivity index (χ0v) is 9.99. The van der Waals surface area contributed by atoms with Crippen molar-refractivity contribution >= 4 is 0 Å². The second-order valence-corrected chi connectivity index (χ2v) is 4.52. The van der Waals surface area contributed by atoms with Gasteiger partial charge in [0.05, 0.1) is 12.7 Å². The number of hydrogen-bond donors (Lipinski definition) is 1. The monoisotopic (exact) mass is 210 g/mol. The Labute approximate surface area is 92.6 Å². The lowest BCUT2D eigenvalue weighted by Gasteiger charge is -2.10. The molecule has 1 saturated heterocycles. The largest absolute Gasteiger partial charge is 0.390 e. The summed E-state index contributed by atoms with van der Waals surface area (Å²) < 4.78 is 5.42. The molecule has 0 amide bonds. The molecule has 1 N–H and O–H groups in total. The van der Waals surface area contributed by atoms with Crippen LogP contribution in [0.4, 0.5) is 0 Å². The fourth-order valence-electron chi connectivity index (χ4n) is 1.71. The summed E-state index contributed by atoms with van der Waals surface area (Å²) in [6, 6.07) is 0. The van der Waals surface area contributed by atoms with Crippen LogP contribution in [-0.4, -0.2) is 23.9 Å². The Hall–Kier alpha value is -0.600. The minimum absolute atomic E-state index is 0.0725. The molecule has 0 aliphatic carbocycles. The van der Waals surface area contributed by atoms with Gasteiger partial charge in [-0.3, -0.25) is 0 Å². The number of rotatable bonds is 4. The van der Waals surface area contributed by atoms with E-state index >= 15 is 0 Å². The van der Waals surface area contributed by atoms with Crippen LogP contribution in [0, 0.1) is 0 Å². The Morgan fingerprint density at radius 1 is 1.40 bits per heavy atom. The van der Waals surface area contributed by atoms with Crippen molar-refractivity contribution in [1.82, 2.24) is 0 Å². The third kappa shape index (κ3) is 4.63. The van der Waals surface area contributed by atoms with Gasteiger partial charge in [0.1, 0.15) is 6.10 Å². The van der Waals surface area contributed by atoms with Crippen LogP contribution in [0.5, 0.6) is 0 Å². The minimum Gasteiger partial charge on any atom is -0.390 e. The summed E-state index contributed by atoms with van der Waals surface area (Å²) in [5.41, 5.74) is 2.67. The molecule has 0 aromatic rings. The molecule has 0 saturated carbocycles. The Kier molecular flexibility index (Phi) is 5.06. The predicted octanol–water partition coefficient (Wildman–Crippen LogP) is 2.83. The quantitative estimate of drug-likeness (QED) is 0.723. The lowest BCUT2D eigenvalue weighted by Crippen LogP contribution is -2.18. The van der Waals surface area contributed by atoms with Gasteiger partial charge in [-0.2, -0.15) is 0 Å². The van der Waals surface area contributed by atoms with E-state index in [1.165, 1.54) is 11.1 Å². The van der Waals surface area contributed by atoms with Gasteiger partial charge < -0.3 is 9.84 Å². The number of aliphatic hydroxyl groups excluding tert-OH is 1. The first-order chi connectivity index (χ1) is 7.09. The standard InChI is InChI=1S/C13H22O2/c1-10(2)5-4-6-11(3)9-13-12(14)7-8-15-13/h5,9,12-14H,4,6-8H2,1-3H3/b11-9-/t12-,13+/m0/s1. The summed E-state index contributed by atoms with van der Waals surface area (Å²) in [6.45, 7) is 7.02. The summed E-state index contributed by atoms with van der Waals surface area (Å²) in [5.74, 6) is 0. The maximum absolute atomic E-state index is 9.57. The van der Waals surface area contributed by atoms with E-state index in [1.807, 2.05) is 0 Å². The molecule has 1 aliphatic rings. The number of allylic oxidation sites excluding steroid dienone is 3. The van der Waals surface area contributed by atoms with E-state index in [0.717, 1.165) is 19.3 Å². The summed E-state index contributed by atoms with van der Waals surface area (Å²) >= 11 is 0. The van der Waals surface area contributed by atoms with Gasteiger partial charge in [-0.1, -0.05) is 23.3 Å². The van der Waals surface area contributed by atoms with Crippen LogP contribution in [-0.2, 0) is 4.74 Å². The molecule has 0 unspecified atom stereocenters. The van der Waals surface area contributed by atoms with Gasteiger partial charge in [0.15, 0.2) is 0 Å². The third-order valence-corrected chi connectivity index (χ3v) is 2.64. The van der Waals surface area contributed by atoms with Crippen molar-refractivity contribution in [3.8, 4) is 0 Å². The average Bonchev–Trinajstić information content (AvgIpc) is 2.51. The van der Waals surface area contributed by atoms with Gasteiger partial charge in [-0.25, -0.2) is 0 Å². The molecule has 0 bridgehead atoms. The molecule has 2 nitrogen and oxygen atoms in total. The predicted molar refractivity (Wildman–Crippen MR) is 62.8 cm³/mol. The van der Waals surface area contributed by atoms with Crippen molar-refractivity contribution in [1.29, 1.82) is 0 Å². The van der Waals surface area contributed by atoms with Crippen molar-refractivity contribution in [3.63, 3.8) is 0 Å². The smallest absolute Gasteiger partial charge is 0.102 e. The normalized spacial score (nSPS) is 26.8. The highest BCUT2D eigenvalue weighted by Gasteiger charge is 2.23. The van der Waals surface area contributed by atoms with Gasteiger partial charge in [-0.05, 0) is 40.0 Å². The molecule has 1 fully saturated rings. The SMILES string of the molecule is CC(C)=CCC/C(C)=C\[C@H]1OCC[C@@H]1O. The van der Waals surface area contributed by atoms with E-state index in [0.29, 0.717) is 6.61 Å². The molecule has 1 rings (SSSR count). The van der Waals surface area contributed by atoms with Crippen LogP contribution in [0.1, 0.15) is 40.0 Å². The first-order valence-electron chi connectivity index (χ1n) is 5.70. The molecule has 86 valence electrons. The Bertz CT molecular complexity index is 249. The van der Waals surface area contributed by atoms with Crippen LogP contribution >= 0.6 is 0 Å². The number of ether oxygens (including phenoxy) is 1. The van der Waals surface area contributed by atoms with Crippen LogP contribution in [0.25, 0.3) is 0 Å². The summed E-state index contributed by atoms with van der Waals surface area (Å²) in [7, 11) is 0. The minimum atomic E-state index is -0.302. The molecule has 2 heteroatoms. The fourth-order valence-corrected chi connectivity index (χ4v) is 1.71. The van der Waals surface area contributed by atoms with E-state index < -0.39 is 0 Å². The summed E-state index contributed by atoms with van der Waals surface area (Å²) in [6.07, 6.45) is 6.83. The third-order valence-electron chi connectivity index (χ3n) is 2.64. The highest BCUT2D eigenvalue weighted by Crippen LogP contribution is 2.17. The first-order valence-corrected chi connectivity index (χ1v) is 5.70. The Balaban J connectivity index is 2.35. The summed E-state index contributed by atoms with van der Waals surface area (Å²) in [4.78, 5) is 0. The molecule has 2 atom stereocenters. The maximum Gasteiger partial charge on any atom is 0.102 e. The topological polar surface area (TPSA) is 29.5 Å². The number of hydrogen-bond acceptors (Lipinski definition) is 2. The Morgan fingerprint density at radius 2 is 2.13 bits per heavy atom. The lowest BCUT2D eigenvalue weighted by atomic mass is 10.1. The van der Waals surface area contributed by atoms with Crippen LogP contribution in [0.3, 0.4) is 0 Å². The van der Waals surface area contributed by atoms with E-state index in [-0.39, 0.29) is 12.2 Å². The van der Waals surface area contributed by atoms with E-state index in [4.69, 9.17) is 4.74 Å². The zero-order chi connectivity index (χ0) is 11.3. The zero-order valence-electron chi connectivity index (χ0n) is 9.99. The molecular formula is C13H22O2. The van der Waals surface area contributed by atoms with Gasteiger partial charge in [-0.15, -0.1) is 0 Å². The van der Waals surface area contributed by atoms with Crippen molar-refractivity contribution in [2.24, 2.45) is 0 Å². The van der Waals surface area contributed by atoms with E-state index in [9.17, 15) is 5.11 Å². The Morgan fingerprint density at radius 3 is 2.67 bits per heavy atom. The lowest BCUT2D eigenvalue weighted by molar-refractivity contribution is 0.0742. The van der Waals surface area contributed by atoms with E-state index in [2.05, 4.69) is 32.9 Å². The van der Waals surface area contributed by atoms with Crippen molar-refractivity contribution in [2.45, 2.75) is 52.2 Å². The van der Waals surface area contributed by atoms with Gasteiger partial charge in [0.2, 0.25) is 0 Å². The van der Waals surface area contributed by atoms with Crippen LogP contribution in [0.15, 0.2) is 23.3 Å². The van der Waals surface area contributed by atoms with Gasteiger partial charge in [0.25, 0.3) is 0 Å². The molecule has 1 aliphatic heterocycles. The first kappa shape index (κ1) is 12.5. The van der Waals surface area contributed by atoms with Gasteiger partial charge >= 0.3 is 0 Å². The van der Waals surface area contributed by atoms with Crippen molar-refractivity contribution < 1.29 is 9.84 Å². The van der Waals surface area contributed by atoms with Crippen molar-refractivity contribution in [3.05, 3.63) is 23.3 Å². The highest BCUT2D eigenvalue weighted by molar-refractivity contribution is 5.07. The molecular weight excluding hydrogens is 188 g/mol. The maximum atomic E-state index is 9.57. The van der Waals surface area contributed by atoms with Crippen LogP contribution < -0.4 is 0 Å². The molecule has 1 heterocycles. The van der Waals surface area contributed by atoms with Crippen LogP contribution in [0.2, 0.25) is 0 Å². The highest BCUT2D eigenvalue weighted by atomic mass is 16.5. The van der Waals surface area contributed by atoms with Gasteiger partial charge in [0, 0.05) is 0 Å². The molecule has 0 aromatic heterocycles. The molecule has 0 radical (unpaired) electrons. The molecule has 15 heavy (non-hydrogen) atoms. The fraction of sp³-hybridized carbons (Fsp3) is 0.692. The van der Waals surface area contributed by atoms with E-state index in [1.54, 1.807) is 0 Å². The van der Waals surface area contributed by atoms with Crippen molar-refractivity contribution in [2.75, 3.05) is 6.61 Å². The summed E-state index contributed by atoms with van der Waals surface area (Å²) in [5, 5.41) is 9.57. The number of aliphatic hydroxyl groups is 1. The average molecular weight is 210 g/mol.